The summed E-state index contributed by atoms with van der Waals surface area (Å²) in [6.07, 6.45) is -33.5. The van der Waals surface area contributed by atoms with Gasteiger partial charge in [0.1, 0.15) is 91.4 Å². The zero-order valence-corrected chi connectivity index (χ0v) is 51.7. The molecule has 0 spiro atoms. The average molecular weight is 1390 g/mol. The summed E-state index contributed by atoms with van der Waals surface area (Å²) in [4.78, 5) is 103. The molecule has 7 amide bonds. The Balaban J connectivity index is 6.70. The highest BCUT2D eigenvalue weighted by atomic mass is 79.9. The maximum atomic E-state index is 14.1. The molecule has 0 aromatic rings. The Bertz CT molecular complexity index is 2060. The number of primary amides is 1. The number of amides is 7. The minimum atomic E-state index is -2.10. The summed E-state index contributed by atoms with van der Waals surface area (Å²) in [5.74, 6) is -7.21. The summed E-state index contributed by atoms with van der Waals surface area (Å²) in [5, 5.41) is 226. The number of nitrogens with two attached hydrogens (primary N) is 1. The Morgan fingerprint density at radius 2 is 0.681 bits per heavy atom. The van der Waals surface area contributed by atoms with Crippen LogP contribution in [0.3, 0.4) is 0 Å². The van der Waals surface area contributed by atoms with Gasteiger partial charge in [0.25, 0.3) is 0 Å². The largest absolute Gasteiger partial charge is 0.480 e. The molecule has 0 fully saturated rings. The van der Waals surface area contributed by atoms with E-state index in [1.165, 1.54) is 9.80 Å². The monoisotopic (exact) mass is 1390 g/mol. The molecule has 0 aromatic heterocycles. The van der Waals surface area contributed by atoms with Crippen LogP contribution in [-0.4, -0.2) is 371 Å². The third kappa shape index (κ3) is 34.9. The van der Waals surface area contributed by atoms with Crippen molar-refractivity contribution in [3.8, 4) is 0 Å². The van der Waals surface area contributed by atoms with Gasteiger partial charge in [-0.15, -0.1) is 0 Å². The van der Waals surface area contributed by atoms with Gasteiger partial charge in [0.15, 0.2) is 0 Å². The Kier molecular flexibility index (Phi) is 44.9. The van der Waals surface area contributed by atoms with Crippen molar-refractivity contribution >= 4 is 63.2 Å². The number of halogens is 1. The van der Waals surface area contributed by atoms with Crippen molar-refractivity contribution in [2.75, 3.05) is 90.7 Å². The van der Waals surface area contributed by atoms with Crippen LogP contribution in [0, 0.1) is 0 Å². The number of nitrogens with zero attached hydrogens (tertiary/aromatic N) is 2. The van der Waals surface area contributed by atoms with Gasteiger partial charge in [-0.2, -0.15) is 0 Å². The second kappa shape index (κ2) is 47.3. The van der Waals surface area contributed by atoms with Gasteiger partial charge in [-0.3, -0.25) is 43.4 Å². The van der Waals surface area contributed by atoms with Gasteiger partial charge in [0.05, 0.1) is 69.3 Å². The average Bonchev–Trinajstić information content (AvgIpc) is 2.99. The lowest BCUT2D eigenvalue weighted by Gasteiger charge is -2.33. The quantitative estimate of drug-likeness (QED) is 0.0199. The minimum absolute atomic E-state index is 0.00199. The molecule has 91 heavy (non-hydrogen) atoms. The molecule has 0 aromatic carbocycles. The van der Waals surface area contributed by atoms with Crippen molar-refractivity contribution in [2.24, 2.45) is 5.73 Å². The lowest BCUT2D eigenvalue weighted by molar-refractivity contribution is -0.142. The number of alkyl halides is 1. The molecule has 0 rings (SSSR count). The van der Waals surface area contributed by atoms with Gasteiger partial charge >= 0.3 is 5.97 Å². The van der Waals surface area contributed by atoms with E-state index in [0.717, 1.165) is 0 Å². The van der Waals surface area contributed by atoms with E-state index in [0.29, 0.717) is 0 Å². The van der Waals surface area contributed by atoms with Crippen molar-refractivity contribution in [2.45, 2.75) is 186 Å². The molecule has 0 saturated heterocycles. The van der Waals surface area contributed by atoms with Crippen LogP contribution in [0.15, 0.2) is 0 Å². The number of rotatable bonds is 53. The van der Waals surface area contributed by atoms with E-state index in [1.807, 2.05) is 0 Å². The van der Waals surface area contributed by atoms with E-state index in [4.69, 9.17) is 5.73 Å². The molecule has 39 heteroatoms. The van der Waals surface area contributed by atoms with Crippen LogP contribution in [0.25, 0.3) is 0 Å². The van der Waals surface area contributed by atoms with Gasteiger partial charge < -0.3 is 145 Å². The SMILES string of the molecule is NC(=O)CNC(=O)CNC(=O)CCC(=O)NCCCC[C@H](NC(=O)[C@H](CCCCN(C[C@H](O)[C@@H](O)[C@H](O)[C@H](O)CO)C[C@H](O)[C@@H](O)[C@H](O)[C@H](O)CO)NC(=O)CBr)C(=O)N[C@@H](CCCCN(C[C@H](O)[C@@H](O)[C@H](O)[C@H](O)CO)C[C@H](O)[C@@H](O)[C@H](O)[C@H](O)CO)C(=O)O. The fraction of sp³-hybridized carbons (Fsp3) is 0.846. The van der Waals surface area contributed by atoms with E-state index in [9.17, 15) is 146 Å². The number of carbonyl (C=O) groups excluding carboxylic acids is 7. The predicted octanol–water partition coefficient (Wildman–Crippen LogP) is -14.6. The van der Waals surface area contributed by atoms with Crippen LogP contribution in [-0.2, 0) is 38.4 Å². The number of hydrogen-bond acceptors (Lipinski definition) is 30. The second-order valence-corrected chi connectivity index (χ2v) is 22.3. The number of aliphatic carboxylic acids is 1. The maximum Gasteiger partial charge on any atom is 0.326 e. The van der Waals surface area contributed by atoms with Gasteiger partial charge in [-0.25, -0.2) is 4.79 Å². The van der Waals surface area contributed by atoms with E-state index in [2.05, 4.69) is 47.8 Å². The lowest BCUT2D eigenvalue weighted by Crippen LogP contribution is -2.56. The molecule has 19 atom stereocenters. The number of aliphatic hydroxyl groups is 20. The van der Waals surface area contributed by atoms with Gasteiger partial charge in [-0.05, 0) is 70.9 Å². The molecule has 0 radical (unpaired) electrons. The lowest BCUT2D eigenvalue weighted by atomic mass is 10.0. The van der Waals surface area contributed by atoms with E-state index < -0.39 is 229 Å². The minimum Gasteiger partial charge on any atom is -0.480 e. The fourth-order valence-corrected chi connectivity index (χ4v) is 8.89. The van der Waals surface area contributed by atoms with Crippen molar-refractivity contribution in [3.63, 3.8) is 0 Å². The predicted molar refractivity (Wildman–Crippen MR) is 314 cm³/mol. The van der Waals surface area contributed by atoms with Gasteiger partial charge in [-0.1, -0.05) is 15.9 Å². The molecule has 29 N–H and O–H groups in total. The van der Waals surface area contributed by atoms with Crippen molar-refractivity contribution in [3.05, 3.63) is 0 Å². The Morgan fingerprint density at radius 3 is 1.02 bits per heavy atom. The van der Waals surface area contributed by atoms with Crippen LogP contribution < -0.4 is 37.6 Å². The molecule has 0 unspecified atom stereocenters. The highest BCUT2D eigenvalue weighted by Crippen LogP contribution is 2.16. The van der Waals surface area contributed by atoms with Crippen molar-refractivity contribution in [1.82, 2.24) is 41.7 Å². The summed E-state index contributed by atoms with van der Waals surface area (Å²) < 4.78 is 0. The molecule has 0 bridgehead atoms. The van der Waals surface area contributed by atoms with Crippen molar-refractivity contribution < 1.29 is 146 Å². The first-order valence-corrected chi connectivity index (χ1v) is 30.4. The molecular weight excluding hydrogens is 1290 g/mol. The van der Waals surface area contributed by atoms with Crippen LogP contribution in [0.2, 0.25) is 0 Å². The van der Waals surface area contributed by atoms with Crippen LogP contribution in [0.4, 0.5) is 0 Å². The third-order valence-corrected chi connectivity index (χ3v) is 14.8. The summed E-state index contributed by atoms with van der Waals surface area (Å²) in [5.41, 5.74) is 4.96. The zero-order chi connectivity index (χ0) is 69.7. The highest BCUT2D eigenvalue weighted by Gasteiger charge is 2.37. The number of carboxylic acid groups (broad SMARTS) is 1. The molecular formula is C52H98BrN9O29. The summed E-state index contributed by atoms with van der Waals surface area (Å²) in [6.45, 7) is -8.04. The van der Waals surface area contributed by atoms with Gasteiger partial charge in [0.2, 0.25) is 41.4 Å². The third-order valence-electron chi connectivity index (χ3n) is 14.3. The summed E-state index contributed by atoms with van der Waals surface area (Å²) in [6, 6.07) is -4.74. The number of carboxylic acids is 1. The first-order chi connectivity index (χ1) is 42.7. The first kappa shape index (κ1) is 86.4. The zero-order valence-electron chi connectivity index (χ0n) is 50.2. The molecule has 0 aliphatic heterocycles. The topological polar surface area (TPSA) is 666 Å². The second-order valence-electron chi connectivity index (χ2n) is 21.8. The molecule has 0 aliphatic carbocycles. The molecule has 38 nitrogen and oxygen atoms in total. The van der Waals surface area contributed by atoms with E-state index in [-0.39, 0.29) is 95.6 Å². The van der Waals surface area contributed by atoms with Crippen molar-refractivity contribution in [1.29, 1.82) is 0 Å². The maximum absolute atomic E-state index is 14.1. The standard InChI is InChI=1S/C52H98BrN9O29/c53-15-40(78)58-26(8-2-5-13-61(18-29(67)42(80)46(84)33(71)22-63)19-30(68)43(81)47(85)34(72)23-64)50(88)59-27(7-1-4-12-55-38(76)10-11-39(77)57-17-41(79)56-16-37(54)75)51(89)60-28(52(90)91)9-3-6-14-62(20-31(69)44(82)48(86)35(73)24-65)21-32(70)45(83)49(87)36(74)25-66/h26-36,42-49,63-74,80-87H,1-25H2,(H2,54,75)(H,55,76)(H,56,79)(H,57,77)(H,58,78)(H,59,88)(H,60,89)(H,90,91)/t26-,27-,28-,29-,30-,31-,32-,33+,34+,35+,36+,42+,43+,44+,45+,46+,47+,48+,49+/m0/s1. The number of hydrogen-bond donors (Lipinski definition) is 28. The number of carbonyl (C=O) groups is 8. The van der Waals surface area contributed by atoms with E-state index >= 15 is 0 Å². The van der Waals surface area contributed by atoms with Gasteiger partial charge in [0, 0.05) is 45.6 Å². The molecule has 0 saturated carbocycles. The highest BCUT2D eigenvalue weighted by molar-refractivity contribution is 9.09. The van der Waals surface area contributed by atoms with Crippen LogP contribution in [0.1, 0.15) is 70.6 Å². The number of nitrogens with one attached hydrogen (secondary N) is 6. The first-order valence-electron chi connectivity index (χ1n) is 29.3. The molecule has 0 aliphatic rings. The fourth-order valence-electron chi connectivity index (χ4n) is 8.73. The summed E-state index contributed by atoms with van der Waals surface area (Å²) >= 11 is 2.99. The number of unbranched alkanes of at least 4 members (excludes halogenated alkanes) is 3. The number of aliphatic hydroxyl groups excluding tert-OH is 20. The Hall–Kier alpha value is -4.64. The molecule has 532 valence electrons. The Morgan fingerprint density at radius 1 is 0.374 bits per heavy atom. The molecule has 0 heterocycles. The van der Waals surface area contributed by atoms with Crippen LogP contribution >= 0.6 is 15.9 Å². The van der Waals surface area contributed by atoms with E-state index in [1.54, 1.807) is 0 Å². The van der Waals surface area contributed by atoms with Crippen LogP contribution in [0.5, 0.6) is 0 Å². The summed E-state index contributed by atoms with van der Waals surface area (Å²) in [7, 11) is 0. The normalized spacial score (nSPS) is 18.2. The Labute approximate surface area is 531 Å². The smallest absolute Gasteiger partial charge is 0.326 e.